The molecular formula is C64H38BClN4O4S2. The van der Waals surface area contributed by atoms with E-state index >= 15 is 0 Å². The first-order valence-electron chi connectivity index (χ1n) is 24.6. The Balaban J connectivity index is 0.000000113. The first-order chi connectivity index (χ1) is 37.4. The number of hydrogen-bond donors (Lipinski definition) is 2. The van der Waals surface area contributed by atoms with Gasteiger partial charge in [0.05, 0.1) is 27.5 Å². The molecule has 0 aliphatic rings. The van der Waals surface area contributed by atoms with E-state index in [1.54, 1.807) is 23.5 Å². The molecule has 8 nitrogen and oxygen atoms in total. The van der Waals surface area contributed by atoms with Crippen LogP contribution in [0.3, 0.4) is 0 Å². The molecule has 0 saturated carbocycles. The number of nitrogens with zero attached hydrogens (tertiary/aromatic N) is 4. The van der Waals surface area contributed by atoms with Crippen LogP contribution in [0.25, 0.3) is 140 Å². The van der Waals surface area contributed by atoms with Crippen LogP contribution in [0.5, 0.6) is 0 Å². The maximum absolute atomic E-state index is 9.38. The minimum absolute atomic E-state index is 0.510. The number of thiophene rings is 2. The number of furan rings is 2. The molecule has 16 rings (SSSR count). The molecule has 0 atom stereocenters. The first kappa shape index (κ1) is 45.8. The lowest BCUT2D eigenvalue weighted by Gasteiger charge is -2.08. The third-order valence-electron chi connectivity index (χ3n) is 13.7. The molecule has 0 unspecified atom stereocenters. The summed E-state index contributed by atoms with van der Waals surface area (Å²) < 4.78 is 16.9. The van der Waals surface area contributed by atoms with E-state index < -0.39 is 7.12 Å². The number of rotatable bonds is 4. The average Bonchev–Trinajstić information content (AvgIpc) is 4.24. The normalized spacial score (nSPS) is 11.6. The maximum atomic E-state index is 9.38. The lowest BCUT2D eigenvalue weighted by atomic mass is 9.79. The summed E-state index contributed by atoms with van der Waals surface area (Å²) in [6.45, 7) is 0. The van der Waals surface area contributed by atoms with Crippen LogP contribution in [0.2, 0.25) is 5.02 Å². The van der Waals surface area contributed by atoms with Crippen molar-refractivity contribution < 1.29 is 18.9 Å². The van der Waals surface area contributed by atoms with Gasteiger partial charge >= 0.3 is 7.12 Å². The minimum atomic E-state index is -1.44. The molecule has 16 aromatic rings. The fraction of sp³-hybridized carbons (Fsp3) is 0. The Morgan fingerprint density at radius 1 is 0.368 bits per heavy atom. The third kappa shape index (κ3) is 8.18. The Hall–Kier alpha value is -8.81. The summed E-state index contributed by atoms with van der Waals surface area (Å²) in [5.74, 6) is 0. The molecule has 0 aliphatic heterocycles. The summed E-state index contributed by atoms with van der Waals surface area (Å²) in [7, 11) is -1.44. The van der Waals surface area contributed by atoms with Crippen molar-refractivity contribution in [1.82, 2.24) is 19.9 Å². The van der Waals surface area contributed by atoms with Gasteiger partial charge in [0.25, 0.3) is 0 Å². The average molecular weight is 1040 g/mol. The maximum Gasteiger partial charge on any atom is 0.488 e. The minimum Gasteiger partial charge on any atom is -0.436 e. The summed E-state index contributed by atoms with van der Waals surface area (Å²) in [5, 5.41) is 26.5. The van der Waals surface area contributed by atoms with Gasteiger partial charge in [-0.3, -0.25) is 0 Å². The van der Waals surface area contributed by atoms with Gasteiger partial charge in [-0.15, -0.1) is 22.7 Å². The van der Waals surface area contributed by atoms with Gasteiger partial charge in [0, 0.05) is 50.8 Å². The van der Waals surface area contributed by atoms with Crippen LogP contribution in [-0.4, -0.2) is 37.1 Å². The number of fused-ring (bicyclic) bond motifs is 14. The third-order valence-corrected chi connectivity index (χ3v) is 16.4. The molecular weight excluding hydrogens is 999 g/mol. The highest BCUT2D eigenvalue weighted by Crippen LogP contribution is 2.42. The van der Waals surface area contributed by atoms with E-state index in [1.165, 1.54) is 51.5 Å². The van der Waals surface area contributed by atoms with Gasteiger partial charge < -0.3 is 18.9 Å². The van der Waals surface area contributed by atoms with Gasteiger partial charge in [-0.05, 0) is 112 Å². The Morgan fingerprint density at radius 2 is 0.816 bits per heavy atom. The Labute approximate surface area is 446 Å². The van der Waals surface area contributed by atoms with E-state index in [-0.39, 0.29) is 0 Å². The fourth-order valence-electron chi connectivity index (χ4n) is 10.1. The van der Waals surface area contributed by atoms with Crippen LogP contribution < -0.4 is 5.46 Å². The number of para-hydroxylation sites is 4. The molecule has 0 aliphatic carbocycles. The molecule has 0 fully saturated rings. The van der Waals surface area contributed by atoms with Crippen molar-refractivity contribution in [2.75, 3.05) is 0 Å². The molecule has 12 heteroatoms. The highest BCUT2D eigenvalue weighted by Gasteiger charge is 2.17. The van der Waals surface area contributed by atoms with Crippen molar-refractivity contribution in [3.63, 3.8) is 0 Å². The second-order valence-electron chi connectivity index (χ2n) is 18.4. The van der Waals surface area contributed by atoms with Crippen molar-refractivity contribution in [2.45, 2.75) is 0 Å². The SMILES string of the molecule is Clc1ccc2oc3nc4ccccc4nc3c2c1.OB(O)c1cccc(-c2cccc3c2sc2ccccc23)c1.c1cc(-c2ccc3oc4nc5ccccc5nc4c3c2)cc(-c2cccc3c2sc2ccccc23)c1. The molecule has 0 radical (unpaired) electrons. The molecule has 0 spiro atoms. The van der Waals surface area contributed by atoms with Gasteiger partial charge in [-0.25, -0.2) is 19.9 Å². The van der Waals surface area contributed by atoms with Crippen molar-refractivity contribution in [3.05, 3.63) is 223 Å². The zero-order valence-corrected chi connectivity index (χ0v) is 42.4. The zero-order chi connectivity index (χ0) is 50.9. The Kier molecular flexibility index (Phi) is 11.4. The molecule has 0 amide bonds. The number of aromatic nitrogens is 4. The summed E-state index contributed by atoms with van der Waals surface area (Å²) in [6, 6.07) is 73.6. The summed E-state index contributed by atoms with van der Waals surface area (Å²) in [6.07, 6.45) is 0. The molecule has 10 aromatic carbocycles. The lowest BCUT2D eigenvalue weighted by Crippen LogP contribution is -2.29. The molecule has 76 heavy (non-hydrogen) atoms. The van der Waals surface area contributed by atoms with E-state index in [1.807, 2.05) is 96.3 Å². The summed E-state index contributed by atoms with van der Waals surface area (Å²) >= 11 is 9.64. The predicted molar refractivity (Wildman–Crippen MR) is 317 cm³/mol. The fourth-order valence-corrected chi connectivity index (χ4v) is 12.8. The van der Waals surface area contributed by atoms with Crippen molar-refractivity contribution in [1.29, 1.82) is 0 Å². The zero-order valence-electron chi connectivity index (χ0n) is 40.1. The van der Waals surface area contributed by atoms with Crippen molar-refractivity contribution >= 4 is 154 Å². The highest BCUT2D eigenvalue weighted by atomic mass is 35.5. The van der Waals surface area contributed by atoms with Crippen LogP contribution in [0.4, 0.5) is 0 Å². The Bertz CT molecular complexity index is 4930. The van der Waals surface area contributed by atoms with Crippen LogP contribution >= 0.6 is 34.3 Å². The van der Waals surface area contributed by atoms with E-state index in [0.29, 0.717) is 21.9 Å². The van der Waals surface area contributed by atoms with Gasteiger partial charge in [-0.2, -0.15) is 0 Å². The van der Waals surface area contributed by atoms with Crippen molar-refractivity contribution in [3.8, 4) is 33.4 Å². The van der Waals surface area contributed by atoms with Gasteiger partial charge in [-0.1, -0.05) is 157 Å². The molecule has 6 heterocycles. The second-order valence-corrected chi connectivity index (χ2v) is 21.0. The molecule has 2 N–H and O–H groups in total. The van der Waals surface area contributed by atoms with E-state index in [2.05, 4.69) is 136 Å². The van der Waals surface area contributed by atoms with Crippen LogP contribution in [-0.2, 0) is 0 Å². The standard InChI is InChI=1S/C32H18N2OS.C18H13BO2S.C14H7ClN2O/c1-4-14-29-23(9-1)24-11-6-10-22(31(24)36-29)21-8-5-7-19(17-21)20-15-16-28-25(18-20)30-32(35-28)34-27-13-3-2-12-26(27)33-30;20-19(21)13-6-3-5-12(11-13)14-8-4-9-16-15-7-1-2-10-17(15)22-18(14)16;15-8-5-6-12-9(7-8)13-14(18-12)17-11-4-2-1-3-10(11)16-13/h1-18H;1-11,20-21H;1-7H. The number of halogens is 1. The molecule has 0 bridgehead atoms. The van der Waals surface area contributed by atoms with Crippen LogP contribution in [0.15, 0.2) is 227 Å². The summed E-state index contributed by atoms with van der Waals surface area (Å²) in [5.41, 5.74) is 15.0. The quantitative estimate of drug-likeness (QED) is 0.167. The monoisotopic (exact) mass is 1040 g/mol. The predicted octanol–water partition coefficient (Wildman–Crippen LogP) is 16.8. The molecule has 6 aromatic heterocycles. The van der Waals surface area contributed by atoms with Crippen LogP contribution in [0.1, 0.15) is 0 Å². The Morgan fingerprint density at radius 3 is 1.39 bits per heavy atom. The largest absolute Gasteiger partial charge is 0.488 e. The van der Waals surface area contributed by atoms with Gasteiger partial charge in [0.1, 0.15) is 22.2 Å². The van der Waals surface area contributed by atoms with E-state index in [9.17, 15) is 10.0 Å². The lowest BCUT2D eigenvalue weighted by molar-refractivity contribution is 0.426. The smallest absolute Gasteiger partial charge is 0.436 e. The van der Waals surface area contributed by atoms with Crippen LogP contribution in [0, 0.1) is 0 Å². The molecule has 0 saturated heterocycles. The van der Waals surface area contributed by atoms with Gasteiger partial charge in [0.2, 0.25) is 11.4 Å². The number of hydrogen-bond acceptors (Lipinski definition) is 10. The highest BCUT2D eigenvalue weighted by molar-refractivity contribution is 7.26. The molecule has 360 valence electrons. The second kappa shape index (κ2) is 18.8. The summed E-state index contributed by atoms with van der Waals surface area (Å²) in [4.78, 5) is 18.6. The van der Waals surface area contributed by atoms with E-state index in [4.69, 9.17) is 25.4 Å². The van der Waals surface area contributed by atoms with Gasteiger partial charge in [0.15, 0.2) is 0 Å². The van der Waals surface area contributed by atoms with Crippen molar-refractivity contribution in [2.24, 2.45) is 0 Å². The first-order valence-corrected chi connectivity index (χ1v) is 26.6. The topological polar surface area (TPSA) is 118 Å². The van der Waals surface area contributed by atoms with E-state index in [0.717, 1.165) is 77.3 Å². The number of benzene rings is 10.